The average Bonchev–Trinajstić information content (AvgIpc) is 2.17. The molecule has 1 aliphatic heterocycles. The first-order valence-electron chi connectivity index (χ1n) is 4.46. The molecule has 0 fully saturated rings. The number of carbonyl (C=O) groups is 1. The van der Waals surface area contributed by atoms with Crippen molar-refractivity contribution < 1.29 is 22.7 Å². The topological polar surface area (TPSA) is 26.3 Å². The number of hydrogen-bond acceptors (Lipinski definition) is 2. The second-order valence-electron chi connectivity index (χ2n) is 3.35. The molecule has 2 nitrogen and oxygen atoms in total. The molecule has 0 aliphatic carbocycles. The molecule has 1 aliphatic rings. The van der Waals surface area contributed by atoms with Crippen molar-refractivity contribution in [1.82, 2.24) is 0 Å². The molecule has 1 aromatic rings. The van der Waals surface area contributed by atoms with Crippen molar-refractivity contribution in [2.24, 2.45) is 0 Å². The first-order valence-corrected chi connectivity index (χ1v) is 5.25. The number of rotatable bonds is 0. The average molecular weight is 295 g/mol. The number of benzene rings is 1. The van der Waals surface area contributed by atoms with Crippen LogP contribution in [0.1, 0.15) is 22.3 Å². The number of alkyl halides is 3. The van der Waals surface area contributed by atoms with E-state index in [1.807, 2.05) is 0 Å². The van der Waals surface area contributed by atoms with Crippen LogP contribution in [0.5, 0.6) is 5.75 Å². The maximum Gasteiger partial charge on any atom is 0.420 e. The van der Waals surface area contributed by atoms with E-state index in [9.17, 15) is 18.0 Å². The smallest absolute Gasteiger partial charge is 0.420 e. The Balaban J connectivity index is 2.67. The van der Waals surface area contributed by atoms with Crippen LogP contribution in [0, 0.1) is 0 Å². The van der Waals surface area contributed by atoms with E-state index in [2.05, 4.69) is 15.9 Å². The maximum absolute atomic E-state index is 12.7. The van der Waals surface area contributed by atoms with Crippen LogP contribution in [-0.2, 0) is 6.18 Å². The predicted octanol–water partition coefficient (Wildman–Crippen LogP) is 3.43. The highest BCUT2D eigenvalue weighted by molar-refractivity contribution is 9.10. The Labute approximate surface area is 97.5 Å². The van der Waals surface area contributed by atoms with E-state index in [0.717, 1.165) is 6.07 Å². The van der Waals surface area contributed by atoms with Crippen molar-refractivity contribution in [3.05, 3.63) is 27.7 Å². The van der Waals surface area contributed by atoms with E-state index in [1.165, 1.54) is 6.07 Å². The molecule has 86 valence electrons. The number of hydrogen-bond donors (Lipinski definition) is 0. The third-order valence-electron chi connectivity index (χ3n) is 2.24. The van der Waals surface area contributed by atoms with Gasteiger partial charge in [0.15, 0.2) is 5.78 Å². The third kappa shape index (κ3) is 1.93. The Kier molecular flexibility index (Phi) is 2.69. The molecule has 0 bridgehead atoms. The van der Waals surface area contributed by atoms with Crippen LogP contribution in [0.25, 0.3) is 0 Å². The lowest BCUT2D eigenvalue weighted by Crippen LogP contribution is -2.19. The number of ketones is 1. The molecule has 0 aromatic heterocycles. The lowest BCUT2D eigenvalue weighted by Gasteiger charge is -2.21. The summed E-state index contributed by atoms with van der Waals surface area (Å²) >= 11 is 2.95. The van der Waals surface area contributed by atoms with Crippen LogP contribution in [0.3, 0.4) is 0 Å². The van der Waals surface area contributed by atoms with Crippen LogP contribution in [0.15, 0.2) is 16.6 Å². The van der Waals surface area contributed by atoms with E-state index in [-0.39, 0.29) is 34.6 Å². The van der Waals surface area contributed by atoms with Crippen molar-refractivity contribution in [3.63, 3.8) is 0 Å². The van der Waals surface area contributed by atoms with Gasteiger partial charge in [-0.3, -0.25) is 4.79 Å². The summed E-state index contributed by atoms with van der Waals surface area (Å²) < 4.78 is 43.2. The fourth-order valence-electron chi connectivity index (χ4n) is 1.55. The van der Waals surface area contributed by atoms with Crippen LogP contribution < -0.4 is 4.74 Å². The summed E-state index contributed by atoms with van der Waals surface area (Å²) in [5.74, 6) is -0.681. The molecule has 0 amide bonds. The molecule has 0 saturated carbocycles. The highest BCUT2D eigenvalue weighted by Crippen LogP contribution is 2.41. The second-order valence-corrected chi connectivity index (χ2v) is 4.27. The van der Waals surface area contributed by atoms with Crippen LogP contribution >= 0.6 is 15.9 Å². The third-order valence-corrected chi connectivity index (χ3v) is 2.69. The Hall–Kier alpha value is -1.04. The monoisotopic (exact) mass is 294 g/mol. The SMILES string of the molecule is O=C1CCOc2c1cc(Br)cc2C(F)(F)F. The van der Waals surface area contributed by atoms with Gasteiger partial charge < -0.3 is 4.74 Å². The maximum atomic E-state index is 12.7. The van der Waals surface area contributed by atoms with E-state index in [0.29, 0.717) is 0 Å². The molecular weight excluding hydrogens is 289 g/mol. The summed E-state index contributed by atoms with van der Waals surface area (Å²) in [7, 11) is 0. The fourth-order valence-corrected chi connectivity index (χ4v) is 2.01. The molecule has 0 N–H and O–H groups in total. The van der Waals surface area contributed by atoms with Gasteiger partial charge in [-0.05, 0) is 12.1 Å². The van der Waals surface area contributed by atoms with E-state index in [4.69, 9.17) is 4.74 Å². The van der Waals surface area contributed by atoms with Gasteiger partial charge in [0, 0.05) is 10.9 Å². The van der Waals surface area contributed by atoms with Crippen LogP contribution in [0.2, 0.25) is 0 Å². The normalized spacial score (nSPS) is 15.6. The van der Waals surface area contributed by atoms with Gasteiger partial charge in [0.25, 0.3) is 0 Å². The van der Waals surface area contributed by atoms with Crippen molar-refractivity contribution >= 4 is 21.7 Å². The van der Waals surface area contributed by atoms with Gasteiger partial charge in [-0.15, -0.1) is 0 Å². The number of ether oxygens (including phenoxy) is 1. The van der Waals surface area contributed by atoms with Gasteiger partial charge in [0.1, 0.15) is 5.75 Å². The summed E-state index contributed by atoms with van der Waals surface area (Å²) in [4.78, 5) is 11.4. The lowest BCUT2D eigenvalue weighted by atomic mass is 10.0. The first-order chi connectivity index (χ1) is 7.39. The van der Waals surface area contributed by atoms with Crippen LogP contribution in [0.4, 0.5) is 13.2 Å². The number of Topliss-reactive ketones (excluding diaryl/α,β-unsaturated/α-hetero) is 1. The Morgan fingerprint density at radius 3 is 2.62 bits per heavy atom. The molecule has 16 heavy (non-hydrogen) atoms. The molecule has 0 atom stereocenters. The molecule has 0 saturated heterocycles. The largest absolute Gasteiger partial charge is 0.492 e. The summed E-state index contributed by atoms with van der Waals surface area (Å²) in [6.45, 7) is -0.00343. The predicted molar refractivity (Wildman–Crippen MR) is 53.6 cm³/mol. The van der Waals surface area contributed by atoms with Gasteiger partial charge in [0.2, 0.25) is 0 Å². The first kappa shape index (κ1) is 11.4. The van der Waals surface area contributed by atoms with E-state index < -0.39 is 11.7 Å². The standard InChI is InChI=1S/C10H6BrF3O2/c11-5-3-6-8(15)1-2-16-9(6)7(4-5)10(12,13)14/h3-4H,1-2H2. The summed E-state index contributed by atoms with van der Waals surface area (Å²) in [5, 5.41) is 0. The summed E-state index contributed by atoms with van der Waals surface area (Å²) in [5.41, 5.74) is -0.919. The molecule has 6 heteroatoms. The van der Waals surface area contributed by atoms with E-state index in [1.54, 1.807) is 0 Å². The fraction of sp³-hybridized carbons (Fsp3) is 0.300. The Morgan fingerprint density at radius 2 is 2.00 bits per heavy atom. The van der Waals surface area contributed by atoms with Gasteiger partial charge in [-0.25, -0.2) is 0 Å². The Morgan fingerprint density at radius 1 is 1.31 bits per heavy atom. The zero-order chi connectivity index (χ0) is 11.9. The Bertz CT molecular complexity index is 454. The molecule has 0 unspecified atom stereocenters. The van der Waals surface area contributed by atoms with Gasteiger partial charge >= 0.3 is 6.18 Å². The van der Waals surface area contributed by atoms with Gasteiger partial charge in [-0.2, -0.15) is 13.2 Å². The molecular formula is C10H6BrF3O2. The molecule has 0 radical (unpaired) electrons. The van der Waals surface area contributed by atoms with Crippen molar-refractivity contribution in [2.45, 2.75) is 12.6 Å². The summed E-state index contributed by atoms with van der Waals surface area (Å²) in [6.07, 6.45) is -4.41. The number of halogens is 4. The molecule has 0 spiro atoms. The molecule has 2 rings (SSSR count). The van der Waals surface area contributed by atoms with Crippen molar-refractivity contribution in [1.29, 1.82) is 0 Å². The highest BCUT2D eigenvalue weighted by Gasteiger charge is 2.38. The highest BCUT2D eigenvalue weighted by atomic mass is 79.9. The summed E-state index contributed by atoms with van der Waals surface area (Å²) in [6, 6.07) is 2.27. The van der Waals surface area contributed by atoms with Gasteiger partial charge in [-0.1, -0.05) is 15.9 Å². The number of fused-ring (bicyclic) bond motifs is 1. The molecule has 1 aromatic carbocycles. The van der Waals surface area contributed by atoms with Crippen molar-refractivity contribution in [3.8, 4) is 5.75 Å². The minimum Gasteiger partial charge on any atom is -0.492 e. The zero-order valence-electron chi connectivity index (χ0n) is 7.90. The lowest BCUT2D eigenvalue weighted by molar-refractivity contribution is -0.139. The minimum absolute atomic E-state index is 0.00343. The minimum atomic E-state index is -4.52. The molecule has 1 heterocycles. The quantitative estimate of drug-likeness (QED) is 0.733. The van der Waals surface area contributed by atoms with Crippen LogP contribution in [-0.4, -0.2) is 12.4 Å². The second kappa shape index (κ2) is 3.76. The van der Waals surface area contributed by atoms with Gasteiger partial charge in [0.05, 0.1) is 17.7 Å². The van der Waals surface area contributed by atoms with Crippen molar-refractivity contribution in [2.75, 3.05) is 6.61 Å². The zero-order valence-corrected chi connectivity index (χ0v) is 9.48. The number of carbonyl (C=O) groups excluding carboxylic acids is 1. The van der Waals surface area contributed by atoms with E-state index >= 15 is 0 Å².